The van der Waals surface area contributed by atoms with E-state index in [9.17, 15) is 8.78 Å². The number of carboxylic acid groups (broad SMARTS) is 1. The Morgan fingerprint density at radius 2 is 1.72 bits per heavy atom. The number of anilines is 1. The molecule has 0 unspecified atom stereocenters. The number of pyridine rings is 1. The molecule has 2 heterocycles. The van der Waals surface area contributed by atoms with E-state index in [4.69, 9.17) is 14.6 Å². The van der Waals surface area contributed by atoms with E-state index in [-0.39, 0.29) is 11.8 Å². The second-order valence-electron chi connectivity index (χ2n) is 7.38. The van der Waals surface area contributed by atoms with E-state index < -0.39 is 17.6 Å². The zero-order valence-electron chi connectivity index (χ0n) is 16.5. The highest BCUT2D eigenvalue weighted by molar-refractivity contribution is 5.71. The van der Waals surface area contributed by atoms with Crippen molar-refractivity contribution in [3.05, 3.63) is 42.1 Å². The van der Waals surface area contributed by atoms with Gasteiger partial charge in [-0.15, -0.1) is 0 Å². The molecule has 1 N–H and O–H groups in total. The zero-order chi connectivity index (χ0) is 20.8. The SMILES string of the molecule is CC(=O)O.Fc1cc(-c2cccnc2OC2CCCC2)cc(F)c1N1CCCC1. The normalized spacial score (nSPS) is 16.4. The van der Waals surface area contributed by atoms with Gasteiger partial charge < -0.3 is 14.7 Å². The molecule has 0 radical (unpaired) electrons. The number of hydrogen-bond donors (Lipinski definition) is 1. The first-order valence-corrected chi connectivity index (χ1v) is 10.0. The topological polar surface area (TPSA) is 62.7 Å². The number of aliphatic carboxylic acids is 1. The van der Waals surface area contributed by atoms with Crippen molar-refractivity contribution in [1.82, 2.24) is 4.98 Å². The molecular weight excluding hydrogens is 378 g/mol. The van der Waals surface area contributed by atoms with E-state index in [0.717, 1.165) is 45.4 Å². The number of halogens is 2. The van der Waals surface area contributed by atoms with E-state index in [0.29, 0.717) is 30.1 Å². The third-order valence-corrected chi connectivity index (χ3v) is 5.10. The van der Waals surface area contributed by atoms with Crippen molar-refractivity contribution >= 4 is 11.7 Å². The molecule has 1 saturated heterocycles. The van der Waals surface area contributed by atoms with Gasteiger partial charge in [-0.3, -0.25) is 4.79 Å². The summed E-state index contributed by atoms with van der Waals surface area (Å²) in [5, 5.41) is 7.42. The fourth-order valence-electron chi connectivity index (χ4n) is 3.83. The molecule has 156 valence electrons. The van der Waals surface area contributed by atoms with Crippen molar-refractivity contribution in [2.75, 3.05) is 18.0 Å². The maximum absolute atomic E-state index is 14.6. The molecule has 1 aliphatic heterocycles. The van der Waals surface area contributed by atoms with Crippen LogP contribution < -0.4 is 9.64 Å². The summed E-state index contributed by atoms with van der Waals surface area (Å²) in [5.41, 5.74) is 1.20. The van der Waals surface area contributed by atoms with Crippen LogP contribution in [0.15, 0.2) is 30.5 Å². The van der Waals surface area contributed by atoms with Crippen molar-refractivity contribution < 1.29 is 23.4 Å². The van der Waals surface area contributed by atoms with E-state index in [1.165, 1.54) is 12.1 Å². The number of rotatable bonds is 4. The minimum atomic E-state index is -0.833. The summed E-state index contributed by atoms with van der Waals surface area (Å²) >= 11 is 0. The predicted molar refractivity (Wildman–Crippen MR) is 107 cm³/mol. The molecule has 4 rings (SSSR count). The molecule has 1 aromatic carbocycles. The van der Waals surface area contributed by atoms with Crippen LogP contribution in [0.5, 0.6) is 5.88 Å². The Morgan fingerprint density at radius 3 is 2.31 bits per heavy atom. The van der Waals surface area contributed by atoms with Gasteiger partial charge in [0.2, 0.25) is 5.88 Å². The molecule has 1 aromatic heterocycles. The summed E-state index contributed by atoms with van der Waals surface area (Å²) in [5.74, 6) is -1.41. The molecule has 0 spiro atoms. The lowest BCUT2D eigenvalue weighted by atomic mass is 10.1. The fourth-order valence-corrected chi connectivity index (χ4v) is 3.83. The lowest BCUT2D eigenvalue weighted by Crippen LogP contribution is -2.20. The summed E-state index contributed by atoms with van der Waals surface area (Å²) < 4.78 is 35.3. The molecule has 1 saturated carbocycles. The highest BCUT2D eigenvalue weighted by atomic mass is 19.1. The van der Waals surface area contributed by atoms with Gasteiger partial charge in [-0.05, 0) is 68.4 Å². The van der Waals surface area contributed by atoms with Crippen LogP contribution in [0, 0.1) is 11.6 Å². The largest absolute Gasteiger partial charge is 0.481 e. The number of ether oxygens (including phenoxy) is 1. The molecule has 0 atom stereocenters. The molecular formula is C22H26F2N2O3. The second kappa shape index (κ2) is 9.67. The number of carboxylic acids is 1. The molecule has 2 fully saturated rings. The van der Waals surface area contributed by atoms with Gasteiger partial charge in [-0.1, -0.05) is 0 Å². The smallest absolute Gasteiger partial charge is 0.300 e. The number of carbonyl (C=O) groups is 1. The molecule has 0 amide bonds. The second-order valence-corrected chi connectivity index (χ2v) is 7.38. The van der Waals surface area contributed by atoms with Crippen molar-refractivity contribution in [2.45, 2.75) is 51.6 Å². The summed E-state index contributed by atoms with van der Waals surface area (Å²) in [6, 6.07) is 6.37. The Kier molecular flexibility index (Phi) is 7.01. The van der Waals surface area contributed by atoms with Crippen LogP contribution in [0.3, 0.4) is 0 Å². The van der Waals surface area contributed by atoms with Crippen molar-refractivity contribution in [3.63, 3.8) is 0 Å². The average Bonchev–Trinajstić information content (AvgIpc) is 3.35. The van der Waals surface area contributed by atoms with Crippen molar-refractivity contribution in [3.8, 4) is 17.0 Å². The van der Waals surface area contributed by atoms with E-state index in [1.54, 1.807) is 23.2 Å². The first-order chi connectivity index (χ1) is 14.0. The third-order valence-electron chi connectivity index (χ3n) is 5.10. The quantitative estimate of drug-likeness (QED) is 0.774. The summed E-state index contributed by atoms with van der Waals surface area (Å²) in [6.45, 7) is 2.49. The van der Waals surface area contributed by atoms with Gasteiger partial charge in [-0.2, -0.15) is 0 Å². The van der Waals surface area contributed by atoms with Crippen molar-refractivity contribution in [2.24, 2.45) is 0 Å². The van der Waals surface area contributed by atoms with Gasteiger partial charge in [0.15, 0.2) is 0 Å². The Bertz CT molecular complexity index is 821. The number of benzene rings is 1. The Balaban J connectivity index is 0.000000552. The van der Waals surface area contributed by atoms with Gasteiger partial charge in [0, 0.05) is 31.8 Å². The van der Waals surface area contributed by atoms with Gasteiger partial charge >= 0.3 is 0 Å². The summed E-state index contributed by atoms with van der Waals surface area (Å²) in [7, 11) is 0. The standard InChI is InChI=1S/C20H22F2N2O.C2H4O2/c21-17-12-14(13-18(22)19(17)24-10-3-4-11-24)16-8-5-9-23-20(16)25-15-6-1-2-7-15;1-2(3)4/h5,8-9,12-13,15H,1-4,6-7,10-11H2;1H3,(H,3,4). The van der Waals surface area contributed by atoms with Gasteiger partial charge in [-0.25, -0.2) is 13.8 Å². The van der Waals surface area contributed by atoms with E-state index in [1.807, 2.05) is 0 Å². The van der Waals surface area contributed by atoms with E-state index >= 15 is 0 Å². The van der Waals surface area contributed by atoms with Crippen LogP contribution in [-0.4, -0.2) is 35.3 Å². The third kappa shape index (κ3) is 5.43. The van der Waals surface area contributed by atoms with Crippen LogP contribution in [-0.2, 0) is 4.79 Å². The number of hydrogen-bond acceptors (Lipinski definition) is 4. The van der Waals surface area contributed by atoms with Crippen LogP contribution in [0.4, 0.5) is 14.5 Å². The Labute approximate surface area is 169 Å². The zero-order valence-corrected chi connectivity index (χ0v) is 16.5. The first-order valence-electron chi connectivity index (χ1n) is 10.0. The highest BCUT2D eigenvalue weighted by Crippen LogP contribution is 2.35. The Morgan fingerprint density at radius 1 is 1.14 bits per heavy atom. The molecule has 7 heteroatoms. The summed E-state index contributed by atoms with van der Waals surface area (Å²) in [6.07, 6.45) is 8.07. The van der Waals surface area contributed by atoms with E-state index in [2.05, 4.69) is 4.98 Å². The van der Waals surface area contributed by atoms with Gasteiger partial charge in [0.05, 0.1) is 0 Å². The molecule has 2 aromatic rings. The molecule has 2 aliphatic rings. The average molecular weight is 404 g/mol. The Hall–Kier alpha value is -2.70. The fraction of sp³-hybridized carbons (Fsp3) is 0.455. The molecule has 5 nitrogen and oxygen atoms in total. The lowest BCUT2D eigenvalue weighted by Gasteiger charge is -2.20. The molecule has 1 aliphatic carbocycles. The minimum Gasteiger partial charge on any atom is -0.481 e. The number of nitrogens with zero attached hydrogens (tertiary/aromatic N) is 2. The molecule has 0 bridgehead atoms. The van der Waals surface area contributed by atoms with Crippen LogP contribution >= 0.6 is 0 Å². The van der Waals surface area contributed by atoms with Crippen LogP contribution in [0.2, 0.25) is 0 Å². The summed E-state index contributed by atoms with van der Waals surface area (Å²) in [4.78, 5) is 15.1. The molecule has 29 heavy (non-hydrogen) atoms. The maximum Gasteiger partial charge on any atom is 0.300 e. The highest BCUT2D eigenvalue weighted by Gasteiger charge is 2.23. The maximum atomic E-state index is 14.6. The van der Waals surface area contributed by atoms with Gasteiger partial charge in [0.25, 0.3) is 5.97 Å². The van der Waals surface area contributed by atoms with Gasteiger partial charge in [0.1, 0.15) is 23.4 Å². The lowest BCUT2D eigenvalue weighted by molar-refractivity contribution is -0.134. The number of aromatic nitrogens is 1. The first kappa shape index (κ1) is 21.0. The van der Waals surface area contributed by atoms with Crippen LogP contribution in [0.1, 0.15) is 45.4 Å². The minimum absolute atomic E-state index is 0.0865. The van der Waals surface area contributed by atoms with Crippen LogP contribution in [0.25, 0.3) is 11.1 Å². The monoisotopic (exact) mass is 404 g/mol. The predicted octanol–water partition coefficient (Wildman–Crippen LogP) is 5.04. The van der Waals surface area contributed by atoms with Crippen molar-refractivity contribution in [1.29, 1.82) is 0 Å².